The van der Waals surface area contributed by atoms with Crippen molar-refractivity contribution in [2.24, 2.45) is 5.41 Å². The van der Waals surface area contributed by atoms with E-state index in [2.05, 4.69) is 5.32 Å². The SMILES string of the molecule is CC1(C(=O)O)CC=CC(OC(=O)NCCCCCC(=O)On2c(O)ccc2O)CCC1. The Balaban J connectivity index is 1.58. The molecular weight excluding hydrogens is 408 g/mol. The lowest BCUT2D eigenvalue weighted by Crippen LogP contribution is -2.31. The van der Waals surface area contributed by atoms with E-state index >= 15 is 0 Å². The lowest BCUT2D eigenvalue weighted by Gasteiger charge is -2.26. The summed E-state index contributed by atoms with van der Waals surface area (Å²) in [5.74, 6) is -2.15. The standard InChI is InChI=1S/C21H30N2O8/c1-21(19(27)28)12-5-7-15(8-6-13-21)30-20(29)22-14-4-2-3-9-18(26)31-23-16(24)10-11-17(23)25/h5,7,10-11,15,24-25H,2-4,6,8-9,12-14H2,1H3,(H,22,29)(H,27,28). The molecule has 0 spiro atoms. The number of hydrogen-bond acceptors (Lipinski definition) is 7. The number of nitrogens with zero attached hydrogens (tertiary/aromatic N) is 1. The molecule has 2 atom stereocenters. The quantitative estimate of drug-likeness (QED) is 0.340. The van der Waals surface area contributed by atoms with E-state index in [0.29, 0.717) is 56.2 Å². The number of hydrogen-bond donors (Lipinski definition) is 4. The summed E-state index contributed by atoms with van der Waals surface area (Å²) in [5, 5.41) is 30.8. The van der Waals surface area contributed by atoms with Crippen LogP contribution in [0.5, 0.6) is 11.8 Å². The number of carboxylic acids is 1. The van der Waals surface area contributed by atoms with Crippen LogP contribution in [0.1, 0.15) is 58.3 Å². The van der Waals surface area contributed by atoms with Crippen molar-refractivity contribution in [3.8, 4) is 11.8 Å². The van der Waals surface area contributed by atoms with E-state index in [0.717, 1.165) is 0 Å². The van der Waals surface area contributed by atoms with Crippen LogP contribution in [0.2, 0.25) is 0 Å². The first kappa shape index (κ1) is 24.1. The molecule has 0 aromatic carbocycles. The summed E-state index contributed by atoms with van der Waals surface area (Å²) in [4.78, 5) is 39.8. The molecule has 0 saturated heterocycles. The van der Waals surface area contributed by atoms with Crippen molar-refractivity contribution in [2.75, 3.05) is 6.54 Å². The fourth-order valence-corrected chi connectivity index (χ4v) is 3.25. The van der Waals surface area contributed by atoms with E-state index in [1.807, 2.05) is 0 Å². The van der Waals surface area contributed by atoms with Crippen LogP contribution in [-0.4, -0.2) is 50.7 Å². The van der Waals surface area contributed by atoms with E-state index in [4.69, 9.17) is 9.57 Å². The molecular formula is C21H30N2O8. The fourth-order valence-electron chi connectivity index (χ4n) is 3.25. The highest BCUT2D eigenvalue weighted by molar-refractivity contribution is 5.74. The molecule has 1 aliphatic carbocycles. The van der Waals surface area contributed by atoms with Gasteiger partial charge in [0.25, 0.3) is 0 Å². The minimum absolute atomic E-state index is 0.101. The highest BCUT2D eigenvalue weighted by Crippen LogP contribution is 2.31. The van der Waals surface area contributed by atoms with Gasteiger partial charge >= 0.3 is 18.0 Å². The molecule has 0 bridgehead atoms. The number of aromatic hydroxyl groups is 2. The second-order valence-corrected chi connectivity index (χ2v) is 7.88. The maximum absolute atomic E-state index is 11.9. The first-order valence-corrected chi connectivity index (χ1v) is 10.4. The molecule has 0 radical (unpaired) electrons. The third-order valence-electron chi connectivity index (χ3n) is 5.23. The lowest BCUT2D eigenvalue weighted by atomic mass is 9.80. The molecule has 4 N–H and O–H groups in total. The molecule has 172 valence electrons. The number of allylic oxidation sites excluding steroid dienone is 1. The lowest BCUT2D eigenvalue weighted by molar-refractivity contribution is -0.148. The zero-order chi connectivity index (χ0) is 22.9. The average Bonchev–Trinajstić information content (AvgIpc) is 3.00. The molecule has 10 nitrogen and oxygen atoms in total. The number of carboxylic acid groups (broad SMARTS) is 1. The van der Waals surface area contributed by atoms with Crippen molar-refractivity contribution in [3.63, 3.8) is 0 Å². The van der Waals surface area contributed by atoms with Gasteiger partial charge in [-0.2, -0.15) is 0 Å². The topological polar surface area (TPSA) is 147 Å². The predicted molar refractivity (Wildman–Crippen MR) is 109 cm³/mol. The minimum atomic E-state index is -0.816. The van der Waals surface area contributed by atoms with Crippen molar-refractivity contribution in [2.45, 2.75) is 64.4 Å². The predicted octanol–water partition coefficient (Wildman–Crippen LogP) is 2.73. The molecule has 1 aromatic heterocycles. The molecule has 1 aliphatic rings. The third-order valence-corrected chi connectivity index (χ3v) is 5.23. The number of nitrogens with one attached hydrogen (secondary N) is 1. The Morgan fingerprint density at radius 3 is 2.58 bits per heavy atom. The number of amides is 1. The summed E-state index contributed by atoms with van der Waals surface area (Å²) in [6, 6.07) is 2.40. The largest absolute Gasteiger partial charge is 0.492 e. The van der Waals surface area contributed by atoms with Crippen LogP contribution in [-0.2, 0) is 14.3 Å². The van der Waals surface area contributed by atoms with Gasteiger partial charge in [-0.3, -0.25) is 4.79 Å². The van der Waals surface area contributed by atoms with Gasteiger partial charge in [0.1, 0.15) is 6.10 Å². The van der Waals surface area contributed by atoms with Gasteiger partial charge in [-0.1, -0.05) is 12.5 Å². The normalized spacial score (nSPS) is 21.0. The Hall–Kier alpha value is -3.17. The highest BCUT2D eigenvalue weighted by Gasteiger charge is 2.32. The second kappa shape index (κ2) is 11.3. The minimum Gasteiger partial charge on any atom is -0.492 e. The van der Waals surface area contributed by atoms with Crippen molar-refractivity contribution in [1.82, 2.24) is 10.0 Å². The van der Waals surface area contributed by atoms with Crippen LogP contribution in [0.25, 0.3) is 0 Å². The zero-order valence-corrected chi connectivity index (χ0v) is 17.6. The number of rotatable bonds is 9. The molecule has 0 saturated carbocycles. The van der Waals surface area contributed by atoms with Crippen LogP contribution >= 0.6 is 0 Å². The fraction of sp³-hybridized carbons (Fsp3) is 0.571. The summed E-state index contributed by atoms with van der Waals surface area (Å²) in [6.07, 6.45) is 6.66. The number of carbonyl (C=O) groups is 3. The summed E-state index contributed by atoms with van der Waals surface area (Å²) < 4.78 is 6.02. The van der Waals surface area contributed by atoms with E-state index in [1.165, 1.54) is 12.1 Å². The summed E-state index contributed by atoms with van der Waals surface area (Å²) >= 11 is 0. The maximum Gasteiger partial charge on any atom is 0.407 e. The Morgan fingerprint density at radius 1 is 1.19 bits per heavy atom. The molecule has 1 aromatic rings. The van der Waals surface area contributed by atoms with Gasteiger partial charge in [0.15, 0.2) is 0 Å². The number of ether oxygens (including phenoxy) is 1. The van der Waals surface area contributed by atoms with Gasteiger partial charge < -0.3 is 30.2 Å². The molecule has 1 heterocycles. The van der Waals surface area contributed by atoms with E-state index in [-0.39, 0.29) is 24.3 Å². The van der Waals surface area contributed by atoms with E-state index < -0.39 is 23.4 Å². The Kier molecular flexibility index (Phi) is 8.77. The van der Waals surface area contributed by atoms with Crippen molar-refractivity contribution in [3.05, 3.63) is 24.3 Å². The van der Waals surface area contributed by atoms with Gasteiger partial charge in [0.05, 0.1) is 5.41 Å². The Labute approximate surface area is 180 Å². The maximum atomic E-state index is 11.9. The summed E-state index contributed by atoms with van der Waals surface area (Å²) in [6.45, 7) is 2.11. The molecule has 0 fully saturated rings. The monoisotopic (exact) mass is 438 g/mol. The third kappa shape index (κ3) is 7.54. The highest BCUT2D eigenvalue weighted by atomic mass is 16.7. The first-order chi connectivity index (χ1) is 14.7. The smallest absolute Gasteiger partial charge is 0.407 e. The van der Waals surface area contributed by atoms with Gasteiger partial charge in [-0.25, -0.2) is 9.59 Å². The van der Waals surface area contributed by atoms with Gasteiger partial charge in [-0.05, 0) is 51.5 Å². The van der Waals surface area contributed by atoms with E-state index in [1.54, 1.807) is 19.1 Å². The van der Waals surface area contributed by atoms with Gasteiger partial charge in [-0.15, -0.1) is 4.73 Å². The van der Waals surface area contributed by atoms with Crippen molar-refractivity contribution < 1.29 is 39.3 Å². The molecule has 2 rings (SSSR count). The molecule has 31 heavy (non-hydrogen) atoms. The van der Waals surface area contributed by atoms with Crippen LogP contribution in [0.3, 0.4) is 0 Å². The van der Waals surface area contributed by atoms with E-state index in [9.17, 15) is 29.7 Å². The average molecular weight is 438 g/mol. The Bertz CT molecular complexity index is 784. The summed E-state index contributed by atoms with van der Waals surface area (Å²) in [5.41, 5.74) is -0.779. The van der Waals surface area contributed by atoms with Crippen LogP contribution in [0, 0.1) is 5.41 Å². The first-order valence-electron chi connectivity index (χ1n) is 10.4. The zero-order valence-electron chi connectivity index (χ0n) is 17.6. The van der Waals surface area contributed by atoms with Crippen molar-refractivity contribution in [1.29, 1.82) is 0 Å². The van der Waals surface area contributed by atoms with Crippen LogP contribution in [0.4, 0.5) is 4.79 Å². The molecule has 0 aliphatic heterocycles. The van der Waals surface area contributed by atoms with Crippen LogP contribution in [0.15, 0.2) is 24.3 Å². The van der Waals surface area contributed by atoms with Crippen molar-refractivity contribution >= 4 is 18.0 Å². The molecule has 1 amide bonds. The number of aromatic nitrogens is 1. The van der Waals surface area contributed by atoms with Gasteiger partial charge in [0.2, 0.25) is 11.8 Å². The number of aliphatic carboxylic acids is 1. The summed E-state index contributed by atoms with van der Waals surface area (Å²) in [7, 11) is 0. The molecule has 10 heteroatoms. The van der Waals surface area contributed by atoms with Crippen LogP contribution < -0.4 is 10.2 Å². The number of alkyl carbamates (subject to hydrolysis) is 1. The number of carbonyl (C=O) groups excluding carboxylic acids is 2. The molecule has 2 unspecified atom stereocenters. The van der Waals surface area contributed by atoms with Gasteiger partial charge in [0, 0.05) is 25.1 Å². The second-order valence-electron chi connectivity index (χ2n) is 7.88. The number of unbranched alkanes of at least 4 members (excludes halogenated alkanes) is 2. The Morgan fingerprint density at radius 2 is 1.90 bits per heavy atom.